The first kappa shape index (κ1) is 19.2. The van der Waals surface area contributed by atoms with Crippen molar-refractivity contribution in [2.75, 3.05) is 5.32 Å². The van der Waals surface area contributed by atoms with Crippen molar-refractivity contribution in [1.82, 2.24) is 15.3 Å². The molecule has 2 heterocycles. The third-order valence-electron chi connectivity index (χ3n) is 4.52. The fraction of sp³-hybridized carbons (Fsp3) is 0.143. The Bertz CT molecular complexity index is 1220. The monoisotopic (exact) mass is 406 g/mol. The molecular weight excluding hydrogens is 388 g/mol. The number of anilines is 1. The molecule has 0 spiro atoms. The summed E-state index contributed by atoms with van der Waals surface area (Å²) in [7, 11) is 0. The first-order chi connectivity index (χ1) is 14.5. The van der Waals surface area contributed by atoms with Gasteiger partial charge in [0.2, 0.25) is 0 Å². The van der Waals surface area contributed by atoms with Crippen molar-refractivity contribution >= 4 is 11.6 Å². The Morgan fingerprint density at radius 3 is 2.57 bits per heavy atom. The zero-order valence-electron chi connectivity index (χ0n) is 16.3. The van der Waals surface area contributed by atoms with Crippen molar-refractivity contribution in [3.05, 3.63) is 81.7 Å². The third-order valence-corrected chi connectivity index (χ3v) is 4.52. The van der Waals surface area contributed by atoms with E-state index in [1.165, 1.54) is 0 Å². The standard InChI is InChI=1S/C21H18N4O5/c1-12-18(13(2)29-24-12)11-28-17-8-6-14(7-9-17)20(26)22-16-5-3-4-15(10-16)19-23-21(27)30-25-19/h3-10H,11H2,1-2H3,(H,22,26)(H,23,25,27). The number of nitrogens with zero attached hydrogens (tertiary/aromatic N) is 2. The summed E-state index contributed by atoms with van der Waals surface area (Å²) in [6.07, 6.45) is 0. The fourth-order valence-corrected chi connectivity index (χ4v) is 2.87. The molecule has 2 aromatic carbocycles. The molecule has 1 amide bonds. The number of hydrogen-bond donors (Lipinski definition) is 2. The molecule has 0 saturated heterocycles. The van der Waals surface area contributed by atoms with Gasteiger partial charge in [-0.1, -0.05) is 22.4 Å². The molecule has 0 aliphatic rings. The topological polar surface area (TPSA) is 123 Å². The van der Waals surface area contributed by atoms with Gasteiger partial charge < -0.3 is 14.6 Å². The molecule has 9 heteroatoms. The lowest BCUT2D eigenvalue weighted by molar-refractivity contribution is 0.102. The van der Waals surface area contributed by atoms with E-state index in [1.54, 1.807) is 48.5 Å². The van der Waals surface area contributed by atoms with Crippen LogP contribution in [0, 0.1) is 13.8 Å². The molecule has 2 N–H and O–H groups in total. The molecule has 4 aromatic rings. The predicted octanol–water partition coefficient (Wildman–Crippen LogP) is 3.47. The summed E-state index contributed by atoms with van der Waals surface area (Å²) in [6.45, 7) is 4.03. The number of nitrogens with one attached hydrogen (secondary N) is 2. The molecule has 30 heavy (non-hydrogen) atoms. The first-order valence-corrected chi connectivity index (χ1v) is 9.12. The number of amides is 1. The van der Waals surface area contributed by atoms with Gasteiger partial charge in [0.25, 0.3) is 5.91 Å². The van der Waals surface area contributed by atoms with E-state index in [0.29, 0.717) is 29.2 Å². The Labute approximate surface area is 170 Å². The van der Waals surface area contributed by atoms with Crippen molar-refractivity contribution in [1.29, 1.82) is 0 Å². The zero-order chi connectivity index (χ0) is 21.1. The second-order valence-electron chi connectivity index (χ2n) is 6.59. The molecule has 0 aliphatic carbocycles. The summed E-state index contributed by atoms with van der Waals surface area (Å²) >= 11 is 0. The van der Waals surface area contributed by atoms with Crippen molar-refractivity contribution in [3.63, 3.8) is 0 Å². The van der Waals surface area contributed by atoms with Crippen molar-refractivity contribution in [2.45, 2.75) is 20.5 Å². The van der Waals surface area contributed by atoms with Crippen LogP contribution in [0.25, 0.3) is 11.4 Å². The summed E-state index contributed by atoms with van der Waals surface area (Å²) in [5.41, 5.74) is 3.34. The second kappa shape index (κ2) is 8.08. The highest BCUT2D eigenvalue weighted by Crippen LogP contribution is 2.21. The molecule has 0 saturated carbocycles. The minimum absolute atomic E-state index is 0.280. The number of benzene rings is 2. The van der Waals surface area contributed by atoms with Gasteiger partial charge in [0.1, 0.15) is 18.1 Å². The van der Waals surface area contributed by atoms with Crippen LogP contribution in [0.2, 0.25) is 0 Å². The van der Waals surface area contributed by atoms with E-state index < -0.39 is 5.76 Å². The molecule has 0 fully saturated rings. The van der Waals surface area contributed by atoms with Crippen molar-refractivity contribution in [2.24, 2.45) is 0 Å². The summed E-state index contributed by atoms with van der Waals surface area (Å²) in [4.78, 5) is 26.1. The van der Waals surface area contributed by atoms with E-state index in [1.807, 2.05) is 13.8 Å². The number of ether oxygens (including phenoxy) is 1. The van der Waals surface area contributed by atoms with Crippen molar-refractivity contribution in [3.8, 4) is 17.1 Å². The second-order valence-corrected chi connectivity index (χ2v) is 6.59. The smallest absolute Gasteiger partial charge is 0.439 e. The van der Waals surface area contributed by atoms with Gasteiger partial charge in [-0.2, -0.15) is 0 Å². The number of rotatable bonds is 6. The van der Waals surface area contributed by atoms with Crippen LogP contribution in [0.5, 0.6) is 5.75 Å². The maximum atomic E-state index is 12.5. The molecule has 0 unspecified atom stereocenters. The fourth-order valence-electron chi connectivity index (χ4n) is 2.87. The van der Waals surface area contributed by atoms with Gasteiger partial charge in [-0.25, -0.2) is 4.79 Å². The molecule has 2 aromatic heterocycles. The van der Waals surface area contributed by atoms with Crippen LogP contribution < -0.4 is 15.8 Å². The van der Waals surface area contributed by atoms with Gasteiger partial charge in [0, 0.05) is 16.8 Å². The SMILES string of the molecule is Cc1noc(C)c1COc1ccc(C(=O)Nc2cccc(-c3noc(=O)[nH]3)c2)cc1. The Morgan fingerprint density at radius 1 is 1.10 bits per heavy atom. The number of H-pyrrole nitrogens is 1. The van der Waals surface area contributed by atoms with Gasteiger partial charge >= 0.3 is 5.76 Å². The highest BCUT2D eigenvalue weighted by molar-refractivity contribution is 6.04. The Morgan fingerprint density at radius 2 is 1.90 bits per heavy atom. The Kier molecular flexibility index (Phi) is 5.17. The number of aromatic nitrogens is 3. The highest BCUT2D eigenvalue weighted by Gasteiger charge is 2.11. The summed E-state index contributed by atoms with van der Waals surface area (Å²) < 4.78 is 15.4. The van der Waals surface area contributed by atoms with Crippen LogP contribution in [0.1, 0.15) is 27.4 Å². The van der Waals surface area contributed by atoms with E-state index in [2.05, 4.69) is 25.1 Å². The molecule has 0 radical (unpaired) electrons. The van der Waals surface area contributed by atoms with Crippen LogP contribution in [-0.2, 0) is 6.61 Å². The predicted molar refractivity (Wildman–Crippen MR) is 107 cm³/mol. The number of carbonyl (C=O) groups excluding carboxylic acids is 1. The van der Waals surface area contributed by atoms with Crippen LogP contribution in [0.3, 0.4) is 0 Å². The molecule has 9 nitrogen and oxygen atoms in total. The van der Waals surface area contributed by atoms with E-state index in [9.17, 15) is 9.59 Å². The van der Waals surface area contributed by atoms with Gasteiger partial charge in [0.05, 0.1) is 11.3 Å². The molecular formula is C21H18N4O5. The Balaban J connectivity index is 1.41. The molecule has 152 valence electrons. The molecule has 0 atom stereocenters. The number of aromatic amines is 1. The van der Waals surface area contributed by atoms with Crippen LogP contribution in [0.15, 0.2) is 62.4 Å². The van der Waals surface area contributed by atoms with Gasteiger partial charge in [-0.3, -0.25) is 14.3 Å². The average molecular weight is 406 g/mol. The van der Waals surface area contributed by atoms with Gasteiger partial charge in [-0.15, -0.1) is 0 Å². The lowest BCUT2D eigenvalue weighted by Crippen LogP contribution is -2.11. The van der Waals surface area contributed by atoms with E-state index in [0.717, 1.165) is 17.0 Å². The first-order valence-electron chi connectivity index (χ1n) is 9.12. The van der Waals surface area contributed by atoms with E-state index in [-0.39, 0.29) is 11.7 Å². The quantitative estimate of drug-likeness (QED) is 0.502. The molecule has 0 aliphatic heterocycles. The number of hydrogen-bond acceptors (Lipinski definition) is 7. The van der Waals surface area contributed by atoms with Crippen LogP contribution in [-0.4, -0.2) is 21.2 Å². The minimum Gasteiger partial charge on any atom is -0.489 e. The van der Waals surface area contributed by atoms with Gasteiger partial charge in [-0.05, 0) is 50.2 Å². The Hall–Kier alpha value is -4.14. The third kappa shape index (κ3) is 4.14. The number of carbonyl (C=O) groups is 1. The minimum atomic E-state index is -0.642. The average Bonchev–Trinajstić information content (AvgIpc) is 3.32. The maximum absolute atomic E-state index is 12.5. The lowest BCUT2D eigenvalue weighted by atomic mass is 10.1. The van der Waals surface area contributed by atoms with Crippen molar-refractivity contribution < 1.29 is 18.6 Å². The summed E-state index contributed by atoms with van der Waals surface area (Å²) in [5, 5.41) is 10.4. The normalized spacial score (nSPS) is 10.7. The summed E-state index contributed by atoms with van der Waals surface area (Å²) in [6, 6.07) is 13.7. The lowest BCUT2D eigenvalue weighted by Gasteiger charge is -2.08. The van der Waals surface area contributed by atoms with E-state index in [4.69, 9.17) is 9.26 Å². The summed E-state index contributed by atoms with van der Waals surface area (Å²) in [5.74, 6) is 0.717. The molecule has 4 rings (SSSR count). The van der Waals surface area contributed by atoms with Gasteiger partial charge in [0.15, 0.2) is 5.82 Å². The van der Waals surface area contributed by atoms with Crippen LogP contribution in [0.4, 0.5) is 5.69 Å². The maximum Gasteiger partial charge on any atom is 0.439 e. The van der Waals surface area contributed by atoms with E-state index >= 15 is 0 Å². The molecule has 0 bridgehead atoms. The number of aryl methyl sites for hydroxylation is 2. The largest absolute Gasteiger partial charge is 0.489 e. The van der Waals surface area contributed by atoms with Crippen LogP contribution >= 0.6 is 0 Å². The zero-order valence-corrected chi connectivity index (χ0v) is 16.3. The highest BCUT2D eigenvalue weighted by atomic mass is 16.5.